The van der Waals surface area contributed by atoms with Gasteiger partial charge in [-0.3, -0.25) is 9.71 Å². The monoisotopic (exact) mass is 441 g/mol. The summed E-state index contributed by atoms with van der Waals surface area (Å²) < 4.78 is 61.3. The molecule has 2 aromatic heterocycles. The summed E-state index contributed by atoms with van der Waals surface area (Å²) in [4.78, 5) is 8.95. The quantitative estimate of drug-likeness (QED) is 0.527. The van der Waals surface area contributed by atoms with Crippen LogP contribution in [-0.4, -0.2) is 23.9 Å². The minimum atomic E-state index is -5.44. The van der Waals surface area contributed by atoms with Gasteiger partial charge in [-0.05, 0) is 37.1 Å². The molecule has 5 nitrogen and oxygen atoms in total. The zero-order valence-electron chi connectivity index (χ0n) is 15.4. The van der Waals surface area contributed by atoms with E-state index in [1.807, 2.05) is 17.5 Å². The minimum Gasteiger partial charge on any atom is -0.276 e. The Balaban J connectivity index is 1.77. The predicted molar refractivity (Wildman–Crippen MR) is 108 cm³/mol. The molecule has 10 heteroatoms. The van der Waals surface area contributed by atoms with Crippen LogP contribution < -0.4 is 4.72 Å². The van der Waals surface area contributed by atoms with Crippen molar-refractivity contribution in [2.45, 2.75) is 31.7 Å². The molecule has 3 aromatic rings. The number of aryl methyl sites for hydroxylation is 1. The number of benzene rings is 1. The lowest BCUT2D eigenvalue weighted by Crippen LogP contribution is -2.29. The number of sulfonamides is 1. The molecule has 0 amide bonds. The van der Waals surface area contributed by atoms with Gasteiger partial charge in [0.2, 0.25) is 0 Å². The van der Waals surface area contributed by atoms with E-state index in [0.29, 0.717) is 11.3 Å². The molecule has 0 bridgehead atoms. The number of nitrogens with zero attached hydrogens (tertiary/aromatic N) is 2. The summed E-state index contributed by atoms with van der Waals surface area (Å²) in [7, 11) is -5.44. The number of unbranched alkanes of at least 4 members (excludes halogenated alkanes) is 1. The number of thiazole rings is 1. The molecule has 0 spiro atoms. The van der Waals surface area contributed by atoms with E-state index in [1.54, 1.807) is 6.20 Å². The molecule has 0 fully saturated rings. The number of nitrogens with one attached hydrogen (secondary N) is 1. The van der Waals surface area contributed by atoms with E-state index >= 15 is 0 Å². The van der Waals surface area contributed by atoms with Crippen molar-refractivity contribution < 1.29 is 21.6 Å². The van der Waals surface area contributed by atoms with Gasteiger partial charge in [-0.1, -0.05) is 25.5 Å². The van der Waals surface area contributed by atoms with Crippen LogP contribution in [0.3, 0.4) is 0 Å². The Hall–Kier alpha value is -2.46. The lowest BCUT2D eigenvalue weighted by Gasteiger charge is -2.10. The molecule has 0 atom stereocenters. The van der Waals surface area contributed by atoms with Crippen molar-refractivity contribution in [3.8, 4) is 21.8 Å². The standard InChI is InChI=1S/C19H18F3N3O2S2/c1-2-3-4-16-11-14(9-10-23-16)18-24-17(12-28-18)13-5-7-15(8-6-13)25-29(26,27)19(20,21)22/h5-12,25H,2-4H2,1H3. The van der Waals surface area contributed by atoms with Gasteiger partial charge in [0.25, 0.3) is 0 Å². The maximum Gasteiger partial charge on any atom is 0.516 e. The Labute approximate surface area is 170 Å². The van der Waals surface area contributed by atoms with Crippen LogP contribution in [0.25, 0.3) is 21.8 Å². The molecule has 29 heavy (non-hydrogen) atoms. The van der Waals surface area contributed by atoms with Crippen LogP contribution in [0.4, 0.5) is 18.9 Å². The summed E-state index contributed by atoms with van der Waals surface area (Å²) in [6.07, 6.45) is 4.80. The van der Waals surface area contributed by atoms with E-state index < -0.39 is 15.5 Å². The number of pyridine rings is 1. The van der Waals surface area contributed by atoms with Crippen LogP contribution in [-0.2, 0) is 16.4 Å². The first kappa shape index (κ1) is 21.3. The van der Waals surface area contributed by atoms with Crippen molar-refractivity contribution in [3.05, 3.63) is 53.7 Å². The molecule has 1 N–H and O–H groups in total. The van der Waals surface area contributed by atoms with Crippen molar-refractivity contribution >= 4 is 27.0 Å². The lowest BCUT2D eigenvalue weighted by atomic mass is 10.1. The molecule has 1 aromatic carbocycles. The lowest BCUT2D eigenvalue weighted by molar-refractivity contribution is -0.0429. The maximum absolute atomic E-state index is 12.5. The zero-order valence-corrected chi connectivity index (χ0v) is 17.0. The predicted octanol–water partition coefficient (Wildman–Crippen LogP) is 5.48. The molecule has 0 unspecified atom stereocenters. The molecule has 0 aliphatic rings. The van der Waals surface area contributed by atoms with E-state index in [-0.39, 0.29) is 5.69 Å². The average molecular weight is 442 g/mol. The molecule has 2 heterocycles. The van der Waals surface area contributed by atoms with Crippen LogP contribution in [0, 0.1) is 0 Å². The third-order valence-electron chi connectivity index (χ3n) is 4.09. The highest BCUT2D eigenvalue weighted by atomic mass is 32.2. The number of alkyl halides is 3. The normalized spacial score (nSPS) is 12.1. The Morgan fingerprint density at radius 1 is 1.10 bits per heavy atom. The second-order valence-electron chi connectivity index (χ2n) is 6.31. The van der Waals surface area contributed by atoms with Crippen LogP contribution in [0.5, 0.6) is 0 Å². The Kier molecular flexibility index (Phi) is 6.23. The summed E-state index contributed by atoms with van der Waals surface area (Å²) >= 11 is 1.45. The van der Waals surface area contributed by atoms with Crippen molar-refractivity contribution in [2.75, 3.05) is 4.72 Å². The summed E-state index contributed by atoms with van der Waals surface area (Å²) in [5, 5.41) is 2.65. The summed E-state index contributed by atoms with van der Waals surface area (Å²) in [6.45, 7) is 2.12. The van der Waals surface area contributed by atoms with Crippen LogP contribution in [0.1, 0.15) is 25.5 Å². The molecule has 3 rings (SSSR count). The first-order valence-corrected chi connectivity index (χ1v) is 11.2. The molecule has 0 saturated heterocycles. The molecule has 154 valence electrons. The minimum absolute atomic E-state index is 0.170. The van der Waals surface area contributed by atoms with E-state index in [0.717, 1.165) is 35.5 Å². The number of anilines is 1. The van der Waals surface area contributed by atoms with Crippen molar-refractivity contribution in [1.29, 1.82) is 0 Å². The third-order valence-corrected chi connectivity index (χ3v) is 6.10. The van der Waals surface area contributed by atoms with Gasteiger partial charge < -0.3 is 0 Å². The molecule has 0 radical (unpaired) electrons. The number of aromatic nitrogens is 2. The number of halogens is 3. The Bertz CT molecular complexity index is 1080. The van der Waals surface area contributed by atoms with Crippen molar-refractivity contribution in [2.24, 2.45) is 0 Å². The first-order valence-electron chi connectivity index (χ1n) is 8.80. The van der Waals surface area contributed by atoms with E-state index in [9.17, 15) is 21.6 Å². The van der Waals surface area contributed by atoms with Gasteiger partial charge >= 0.3 is 15.5 Å². The Morgan fingerprint density at radius 2 is 1.83 bits per heavy atom. The number of hydrogen-bond donors (Lipinski definition) is 1. The topological polar surface area (TPSA) is 72.0 Å². The van der Waals surface area contributed by atoms with E-state index in [1.165, 1.54) is 40.3 Å². The summed E-state index contributed by atoms with van der Waals surface area (Å²) in [5.41, 5.74) is -2.25. The van der Waals surface area contributed by atoms with E-state index in [4.69, 9.17) is 0 Å². The molecular weight excluding hydrogens is 423 g/mol. The number of rotatable bonds is 7. The van der Waals surface area contributed by atoms with Crippen LogP contribution in [0.2, 0.25) is 0 Å². The zero-order chi connectivity index (χ0) is 21.1. The fourth-order valence-corrected chi connectivity index (χ4v) is 3.96. The Morgan fingerprint density at radius 3 is 2.48 bits per heavy atom. The highest BCUT2D eigenvalue weighted by molar-refractivity contribution is 7.93. The van der Waals surface area contributed by atoms with Gasteiger partial charge in [0.15, 0.2) is 0 Å². The van der Waals surface area contributed by atoms with Crippen LogP contribution >= 0.6 is 11.3 Å². The van der Waals surface area contributed by atoms with Gasteiger partial charge in [0, 0.05) is 34.1 Å². The van der Waals surface area contributed by atoms with Gasteiger partial charge in [-0.25, -0.2) is 4.98 Å². The van der Waals surface area contributed by atoms with Gasteiger partial charge in [0.1, 0.15) is 5.01 Å². The van der Waals surface area contributed by atoms with Crippen LogP contribution in [0.15, 0.2) is 48.0 Å². The van der Waals surface area contributed by atoms with Gasteiger partial charge in [-0.15, -0.1) is 11.3 Å². The summed E-state index contributed by atoms with van der Waals surface area (Å²) in [6, 6.07) is 9.47. The molecule has 0 saturated carbocycles. The first-order chi connectivity index (χ1) is 13.7. The second-order valence-corrected chi connectivity index (χ2v) is 8.84. The molecule has 0 aliphatic carbocycles. The average Bonchev–Trinajstić information content (AvgIpc) is 3.16. The fraction of sp³-hybridized carbons (Fsp3) is 0.263. The second kappa shape index (κ2) is 8.50. The largest absolute Gasteiger partial charge is 0.516 e. The van der Waals surface area contributed by atoms with Crippen molar-refractivity contribution in [3.63, 3.8) is 0 Å². The number of hydrogen-bond acceptors (Lipinski definition) is 5. The summed E-state index contributed by atoms with van der Waals surface area (Å²) in [5.74, 6) is 0. The smallest absolute Gasteiger partial charge is 0.276 e. The van der Waals surface area contributed by atoms with Gasteiger partial charge in [0.05, 0.1) is 5.69 Å². The molecule has 0 aliphatic heterocycles. The fourth-order valence-electron chi connectivity index (χ4n) is 2.57. The van der Waals surface area contributed by atoms with Crippen molar-refractivity contribution in [1.82, 2.24) is 9.97 Å². The van der Waals surface area contributed by atoms with Gasteiger partial charge in [-0.2, -0.15) is 21.6 Å². The maximum atomic E-state index is 12.5. The highest BCUT2D eigenvalue weighted by Gasteiger charge is 2.46. The van der Waals surface area contributed by atoms with E-state index in [2.05, 4.69) is 16.9 Å². The molecular formula is C19H18F3N3O2S2. The highest BCUT2D eigenvalue weighted by Crippen LogP contribution is 2.31. The third kappa shape index (κ3) is 5.13. The SMILES string of the molecule is CCCCc1cc(-c2nc(-c3ccc(NS(=O)(=O)C(F)(F)F)cc3)cs2)ccn1.